The number of rotatable bonds is 4. The third-order valence-electron chi connectivity index (χ3n) is 1.63. The Balaban J connectivity index is 1.96. The number of aromatic nitrogens is 1. The number of thioether (sulfide) groups is 1. The Labute approximate surface area is 93.9 Å². The molecule has 2 heterocycles. The molecule has 4 nitrogen and oxygen atoms in total. The maximum absolute atomic E-state index is 10.5. The number of carboxylic acid groups (broad SMARTS) is 1. The summed E-state index contributed by atoms with van der Waals surface area (Å²) in [6.07, 6.45) is 0. The fourth-order valence-electron chi connectivity index (χ4n) is 0.970. The zero-order valence-electron chi connectivity index (χ0n) is 7.54. The van der Waals surface area contributed by atoms with Gasteiger partial charge in [-0.25, -0.2) is 4.79 Å². The van der Waals surface area contributed by atoms with Gasteiger partial charge in [0.25, 0.3) is 0 Å². The third kappa shape index (κ3) is 2.60. The van der Waals surface area contributed by atoms with Crippen molar-refractivity contribution in [2.24, 2.45) is 0 Å². The van der Waals surface area contributed by atoms with Crippen LogP contribution in [0.25, 0.3) is 0 Å². The van der Waals surface area contributed by atoms with E-state index in [1.807, 2.05) is 17.5 Å². The van der Waals surface area contributed by atoms with Crippen LogP contribution < -0.4 is 0 Å². The molecule has 1 N–H and O–H groups in total. The minimum atomic E-state index is -1.06. The number of carboxylic acids is 1. The van der Waals surface area contributed by atoms with Crippen molar-refractivity contribution in [3.8, 4) is 0 Å². The number of carbonyl (C=O) groups is 1. The van der Waals surface area contributed by atoms with Crippen LogP contribution in [0.15, 0.2) is 32.3 Å². The monoisotopic (exact) mass is 241 g/mol. The molecule has 0 amide bonds. The van der Waals surface area contributed by atoms with E-state index >= 15 is 0 Å². The topological polar surface area (TPSA) is 63.3 Å². The smallest absolute Gasteiger partial charge is 0.358 e. The molecule has 15 heavy (non-hydrogen) atoms. The summed E-state index contributed by atoms with van der Waals surface area (Å²) in [7, 11) is 0. The van der Waals surface area contributed by atoms with E-state index in [0.717, 1.165) is 0 Å². The summed E-state index contributed by atoms with van der Waals surface area (Å²) in [4.78, 5) is 10.5. The van der Waals surface area contributed by atoms with Crippen LogP contribution in [0.5, 0.6) is 0 Å². The summed E-state index contributed by atoms with van der Waals surface area (Å²) < 4.78 is 6.05. The van der Waals surface area contributed by atoms with E-state index in [2.05, 4.69) is 5.16 Å². The average molecular weight is 241 g/mol. The lowest BCUT2D eigenvalue weighted by atomic mass is 10.4. The van der Waals surface area contributed by atoms with Crippen LogP contribution in [0.4, 0.5) is 0 Å². The molecular weight excluding hydrogens is 234 g/mol. The lowest BCUT2D eigenvalue weighted by molar-refractivity contribution is 0.0685. The fraction of sp³-hybridized carbons (Fsp3) is 0.111. The molecule has 0 aliphatic rings. The average Bonchev–Trinajstić information content (AvgIpc) is 2.86. The second-order valence-electron chi connectivity index (χ2n) is 2.70. The Bertz CT molecular complexity index is 450. The molecule has 78 valence electrons. The van der Waals surface area contributed by atoms with Gasteiger partial charge >= 0.3 is 5.97 Å². The molecule has 0 bridgehead atoms. The summed E-state index contributed by atoms with van der Waals surface area (Å²) in [6, 6.07) is 5.42. The van der Waals surface area contributed by atoms with Gasteiger partial charge in [-0.2, -0.15) is 0 Å². The van der Waals surface area contributed by atoms with Crippen molar-refractivity contribution in [3.05, 3.63) is 35.0 Å². The number of aromatic carboxylic acids is 1. The van der Waals surface area contributed by atoms with Crippen LogP contribution in [0, 0.1) is 0 Å². The van der Waals surface area contributed by atoms with Gasteiger partial charge in [0.1, 0.15) is 5.76 Å². The molecule has 2 aromatic rings. The van der Waals surface area contributed by atoms with Gasteiger partial charge in [-0.3, -0.25) is 0 Å². The predicted octanol–water partition coefficient (Wildman–Crippen LogP) is 2.73. The SMILES string of the molecule is O=C(O)c1cc(CSc2cccs2)on1. The maximum atomic E-state index is 10.5. The van der Waals surface area contributed by atoms with Gasteiger partial charge < -0.3 is 9.63 Å². The Morgan fingerprint density at radius 2 is 2.53 bits per heavy atom. The summed E-state index contributed by atoms with van der Waals surface area (Å²) in [5, 5.41) is 14.0. The Kier molecular flexibility index (Phi) is 3.08. The normalized spacial score (nSPS) is 10.4. The second kappa shape index (κ2) is 4.50. The van der Waals surface area contributed by atoms with Crippen molar-refractivity contribution >= 4 is 29.1 Å². The van der Waals surface area contributed by atoms with E-state index in [0.29, 0.717) is 11.5 Å². The summed E-state index contributed by atoms with van der Waals surface area (Å²) in [5.41, 5.74) is -0.0446. The molecule has 0 spiro atoms. The van der Waals surface area contributed by atoms with Crippen LogP contribution >= 0.6 is 23.1 Å². The molecule has 0 saturated carbocycles. The van der Waals surface area contributed by atoms with E-state index in [4.69, 9.17) is 9.63 Å². The van der Waals surface area contributed by atoms with Crippen molar-refractivity contribution in [2.75, 3.05) is 0 Å². The number of nitrogens with zero attached hydrogens (tertiary/aromatic N) is 1. The summed E-state index contributed by atoms with van der Waals surface area (Å²) in [6.45, 7) is 0. The zero-order valence-corrected chi connectivity index (χ0v) is 9.18. The Hall–Kier alpha value is -1.27. The van der Waals surface area contributed by atoms with E-state index < -0.39 is 5.97 Å². The molecule has 0 saturated heterocycles. The highest BCUT2D eigenvalue weighted by Gasteiger charge is 2.10. The van der Waals surface area contributed by atoms with Gasteiger partial charge in [0.05, 0.1) is 9.96 Å². The largest absolute Gasteiger partial charge is 0.476 e. The summed E-state index contributed by atoms with van der Waals surface area (Å²) >= 11 is 3.24. The number of thiophene rings is 1. The molecular formula is C9H7NO3S2. The first-order valence-corrected chi connectivity index (χ1v) is 5.97. The van der Waals surface area contributed by atoms with Crippen LogP contribution in [0.3, 0.4) is 0 Å². The van der Waals surface area contributed by atoms with E-state index in [1.165, 1.54) is 10.3 Å². The van der Waals surface area contributed by atoms with Crippen LogP contribution in [-0.4, -0.2) is 16.2 Å². The molecule has 0 atom stereocenters. The standard InChI is InChI=1S/C9H7NO3S2/c11-9(12)7-4-6(13-10-7)5-15-8-2-1-3-14-8/h1-4H,5H2,(H,11,12). The first-order chi connectivity index (χ1) is 7.25. The first-order valence-electron chi connectivity index (χ1n) is 4.11. The Morgan fingerprint density at radius 1 is 1.67 bits per heavy atom. The Morgan fingerprint density at radius 3 is 3.13 bits per heavy atom. The predicted molar refractivity (Wildman–Crippen MR) is 57.3 cm³/mol. The molecule has 0 aromatic carbocycles. The highest BCUT2D eigenvalue weighted by Crippen LogP contribution is 2.26. The van der Waals surface area contributed by atoms with Crippen molar-refractivity contribution in [2.45, 2.75) is 9.96 Å². The van der Waals surface area contributed by atoms with E-state index in [-0.39, 0.29) is 5.69 Å². The van der Waals surface area contributed by atoms with Crippen LogP contribution in [-0.2, 0) is 5.75 Å². The van der Waals surface area contributed by atoms with Crippen molar-refractivity contribution < 1.29 is 14.4 Å². The van der Waals surface area contributed by atoms with Gasteiger partial charge in [-0.1, -0.05) is 11.2 Å². The lowest BCUT2D eigenvalue weighted by Crippen LogP contribution is -1.94. The zero-order chi connectivity index (χ0) is 10.7. The molecule has 2 rings (SSSR count). The lowest BCUT2D eigenvalue weighted by Gasteiger charge is -1.91. The van der Waals surface area contributed by atoms with E-state index in [1.54, 1.807) is 23.1 Å². The van der Waals surface area contributed by atoms with Crippen molar-refractivity contribution in [1.82, 2.24) is 5.16 Å². The first kappa shape index (κ1) is 10.3. The summed E-state index contributed by atoms with van der Waals surface area (Å²) in [5.74, 6) is 0.109. The molecule has 2 aromatic heterocycles. The molecule has 0 unspecified atom stereocenters. The molecule has 0 fully saturated rings. The molecule has 0 aliphatic heterocycles. The number of hydrogen-bond acceptors (Lipinski definition) is 5. The van der Waals surface area contributed by atoms with Gasteiger partial charge in [0.15, 0.2) is 5.69 Å². The van der Waals surface area contributed by atoms with Crippen molar-refractivity contribution in [3.63, 3.8) is 0 Å². The van der Waals surface area contributed by atoms with Gasteiger partial charge in [-0.15, -0.1) is 23.1 Å². The molecule has 0 aliphatic carbocycles. The van der Waals surface area contributed by atoms with Gasteiger partial charge in [0, 0.05) is 6.07 Å². The fourth-order valence-corrected chi connectivity index (χ4v) is 2.63. The highest BCUT2D eigenvalue weighted by molar-refractivity contribution is 8.00. The maximum Gasteiger partial charge on any atom is 0.358 e. The van der Waals surface area contributed by atoms with E-state index in [9.17, 15) is 4.79 Å². The second-order valence-corrected chi connectivity index (χ2v) is 4.93. The number of hydrogen-bond donors (Lipinski definition) is 1. The highest BCUT2D eigenvalue weighted by atomic mass is 32.2. The van der Waals surface area contributed by atoms with Crippen LogP contribution in [0.2, 0.25) is 0 Å². The minimum absolute atomic E-state index is 0.0446. The van der Waals surface area contributed by atoms with Gasteiger partial charge in [-0.05, 0) is 11.4 Å². The minimum Gasteiger partial charge on any atom is -0.476 e. The van der Waals surface area contributed by atoms with Crippen molar-refractivity contribution in [1.29, 1.82) is 0 Å². The van der Waals surface area contributed by atoms with Gasteiger partial charge in [0.2, 0.25) is 0 Å². The third-order valence-corrected chi connectivity index (χ3v) is 3.78. The quantitative estimate of drug-likeness (QED) is 0.834. The molecule has 0 radical (unpaired) electrons. The van der Waals surface area contributed by atoms with Crippen LogP contribution in [0.1, 0.15) is 16.2 Å². The molecule has 6 heteroatoms.